The van der Waals surface area contributed by atoms with Crippen LogP contribution in [0.1, 0.15) is 77.1 Å². The van der Waals surface area contributed by atoms with Crippen molar-refractivity contribution in [1.82, 2.24) is 10.2 Å². The number of para-hydroxylation sites is 1. The molecule has 0 bridgehead atoms. The maximum atomic E-state index is 14.1. The molecule has 3 unspecified atom stereocenters. The van der Waals surface area contributed by atoms with E-state index >= 15 is 0 Å². The maximum absolute atomic E-state index is 14.1. The van der Waals surface area contributed by atoms with Crippen LogP contribution in [0.15, 0.2) is 48.5 Å². The number of benzene rings is 2. The van der Waals surface area contributed by atoms with Gasteiger partial charge >= 0.3 is 6.09 Å². The van der Waals surface area contributed by atoms with Crippen LogP contribution in [0.25, 0.3) is 0 Å². The van der Waals surface area contributed by atoms with Crippen molar-refractivity contribution >= 4 is 23.6 Å². The van der Waals surface area contributed by atoms with E-state index < -0.39 is 23.8 Å². The van der Waals surface area contributed by atoms with Crippen molar-refractivity contribution in [1.29, 1.82) is 0 Å². The van der Waals surface area contributed by atoms with E-state index in [-0.39, 0.29) is 17.7 Å². The molecule has 37 heavy (non-hydrogen) atoms. The van der Waals surface area contributed by atoms with Gasteiger partial charge in [-0.25, -0.2) is 4.79 Å². The highest BCUT2D eigenvalue weighted by Crippen LogP contribution is 2.27. The molecule has 0 aliphatic heterocycles. The molecule has 0 aliphatic carbocycles. The number of anilines is 1. The molecule has 0 aromatic heterocycles. The molecule has 3 amide bonds. The molecule has 0 saturated carbocycles. The molecule has 2 aromatic carbocycles. The van der Waals surface area contributed by atoms with Crippen molar-refractivity contribution in [2.75, 3.05) is 11.9 Å². The van der Waals surface area contributed by atoms with Gasteiger partial charge in [0.05, 0.1) is 0 Å². The lowest BCUT2D eigenvalue weighted by Gasteiger charge is -2.36. The maximum Gasteiger partial charge on any atom is 0.408 e. The Morgan fingerprint density at radius 1 is 1.00 bits per heavy atom. The molecule has 0 saturated heterocycles. The largest absolute Gasteiger partial charge is 0.444 e. The van der Waals surface area contributed by atoms with Crippen LogP contribution in [-0.2, 0) is 14.3 Å². The number of aryl methyl sites for hydroxylation is 2. The van der Waals surface area contributed by atoms with Crippen LogP contribution in [-0.4, -0.2) is 41.0 Å². The summed E-state index contributed by atoms with van der Waals surface area (Å²) < 4.78 is 5.45. The van der Waals surface area contributed by atoms with Gasteiger partial charge in [-0.1, -0.05) is 75.2 Å². The number of rotatable bonds is 10. The van der Waals surface area contributed by atoms with Gasteiger partial charge in [-0.15, -0.1) is 0 Å². The summed E-state index contributed by atoms with van der Waals surface area (Å²) in [7, 11) is 0. The van der Waals surface area contributed by atoms with E-state index in [1.54, 1.807) is 25.7 Å². The summed E-state index contributed by atoms with van der Waals surface area (Å²) in [6.07, 6.45) is 0.654. The van der Waals surface area contributed by atoms with Crippen molar-refractivity contribution in [2.24, 2.45) is 5.92 Å². The summed E-state index contributed by atoms with van der Waals surface area (Å²) in [5.74, 6) is -0.785. The van der Waals surface area contributed by atoms with Crippen molar-refractivity contribution in [3.8, 4) is 0 Å². The van der Waals surface area contributed by atoms with Crippen molar-refractivity contribution < 1.29 is 19.1 Å². The summed E-state index contributed by atoms with van der Waals surface area (Å²) in [5, 5.41) is 5.83. The van der Waals surface area contributed by atoms with Gasteiger partial charge in [0.25, 0.3) is 5.91 Å². The second-order valence-corrected chi connectivity index (χ2v) is 10.7. The van der Waals surface area contributed by atoms with Gasteiger partial charge in [0, 0.05) is 12.2 Å². The molecule has 7 nitrogen and oxygen atoms in total. The molecule has 0 fully saturated rings. The lowest BCUT2D eigenvalue weighted by molar-refractivity contribution is -0.141. The second kappa shape index (κ2) is 13.3. The molecule has 2 N–H and O–H groups in total. The Balaban J connectivity index is 2.52. The highest BCUT2D eigenvalue weighted by molar-refractivity contribution is 5.99. The van der Waals surface area contributed by atoms with Crippen LogP contribution in [0.3, 0.4) is 0 Å². The summed E-state index contributed by atoms with van der Waals surface area (Å²) in [5.41, 5.74) is 2.62. The Labute approximate surface area is 222 Å². The molecule has 0 spiro atoms. The summed E-state index contributed by atoms with van der Waals surface area (Å²) in [6, 6.07) is 13.5. The van der Waals surface area contributed by atoms with Crippen molar-refractivity contribution in [3.05, 3.63) is 65.2 Å². The van der Waals surface area contributed by atoms with E-state index in [9.17, 15) is 14.4 Å². The standard InChI is InChI=1S/C30H43N3O4/c1-9-18-33(28(35)25(21(4)10-2)32-29(36)37-30(6,7)8)26(23-16-13-14-20(3)19-23)27(34)31-24-17-12-11-15-22(24)5/h11-17,19,21,25-26H,9-10,18H2,1-8H3,(H,31,34)(H,32,36). The van der Waals surface area contributed by atoms with E-state index in [0.29, 0.717) is 30.6 Å². The number of nitrogens with zero attached hydrogens (tertiary/aromatic N) is 1. The SMILES string of the molecule is CCCN(C(=O)C(NC(=O)OC(C)(C)C)C(C)CC)C(C(=O)Nc1ccccc1C)c1cccc(C)c1. The quantitative estimate of drug-likeness (QED) is 0.401. The predicted octanol–water partition coefficient (Wildman–Crippen LogP) is 6.16. The van der Waals surface area contributed by atoms with E-state index in [2.05, 4.69) is 10.6 Å². The molecule has 0 radical (unpaired) electrons. The first-order valence-electron chi connectivity index (χ1n) is 13.1. The van der Waals surface area contributed by atoms with E-state index in [4.69, 9.17) is 4.74 Å². The zero-order chi connectivity index (χ0) is 27.8. The number of hydrogen-bond donors (Lipinski definition) is 2. The van der Waals surface area contributed by atoms with Crippen molar-refractivity contribution in [2.45, 2.75) is 85.9 Å². The second-order valence-electron chi connectivity index (χ2n) is 10.7. The lowest BCUT2D eigenvalue weighted by Crippen LogP contribution is -2.54. The Hall–Kier alpha value is -3.35. The third-order valence-electron chi connectivity index (χ3n) is 6.22. The molecule has 2 aromatic rings. The van der Waals surface area contributed by atoms with Gasteiger partial charge in [0.2, 0.25) is 5.91 Å². The number of amides is 3. The molecule has 3 atom stereocenters. The highest BCUT2D eigenvalue weighted by atomic mass is 16.6. The third-order valence-corrected chi connectivity index (χ3v) is 6.22. The third kappa shape index (κ3) is 8.62. The van der Waals surface area contributed by atoms with Crippen molar-refractivity contribution in [3.63, 3.8) is 0 Å². The van der Waals surface area contributed by atoms with Crippen LogP contribution >= 0.6 is 0 Å². The highest BCUT2D eigenvalue weighted by Gasteiger charge is 2.38. The van der Waals surface area contributed by atoms with Gasteiger partial charge in [0.1, 0.15) is 17.7 Å². The number of alkyl carbamates (subject to hydrolysis) is 1. The van der Waals surface area contributed by atoms with Gasteiger partial charge < -0.3 is 20.3 Å². The lowest BCUT2D eigenvalue weighted by atomic mass is 9.95. The zero-order valence-corrected chi connectivity index (χ0v) is 23.6. The minimum absolute atomic E-state index is 0.169. The topological polar surface area (TPSA) is 87.7 Å². The Morgan fingerprint density at radius 2 is 1.68 bits per heavy atom. The van der Waals surface area contributed by atoms with Crippen LogP contribution in [0.5, 0.6) is 0 Å². The molecule has 2 rings (SSSR count). The smallest absolute Gasteiger partial charge is 0.408 e. The minimum atomic E-state index is -0.876. The molecular formula is C30H43N3O4. The Morgan fingerprint density at radius 3 is 2.24 bits per heavy atom. The number of ether oxygens (including phenoxy) is 1. The molecule has 7 heteroatoms. The normalized spacial score (nSPS) is 13.7. The van der Waals surface area contributed by atoms with E-state index in [1.165, 1.54) is 0 Å². The Kier molecular flexibility index (Phi) is 10.7. The molecular weight excluding hydrogens is 466 g/mol. The summed E-state index contributed by atoms with van der Waals surface area (Å²) in [6.45, 7) is 15.4. The fourth-order valence-electron chi connectivity index (χ4n) is 4.13. The van der Waals surface area contributed by atoms with E-state index in [1.807, 2.05) is 83.1 Å². The predicted molar refractivity (Wildman–Crippen MR) is 148 cm³/mol. The first-order valence-corrected chi connectivity index (χ1v) is 13.1. The fraction of sp³-hybridized carbons (Fsp3) is 0.500. The van der Waals surface area contributed by atoms with Gasteiger partial charge in [-0.05, 0) is 64.2 Å². The van der Waals surface area contributed by atoms with Crippen LogP contribution < -0.4 is 10.6 Å². The molecule has 0 heterocycles. The summed E-state index contributed by atoms with van der Waals surface area (Å²) >= 11 is 0. The number of carbonyl (C=O) groups is 3. The fourth-order valence-corrected chi connectivity index (χ4v) is 4.13. The van der Waals surface area contributed by atoms with Gasteiger partial charge in [0.15, 0.2) is 0 Å². The minimum Gasteiger partial charge on any atom is -0.444 e. The summed E-state index contributed by atoms with van der Waals surface area (Å²) in [4.78, 5) is 42.3. The van der Waals surface area contributed by atoms with Crippen LogP contribution in [0.2, 0.25) is 0 Å². The van der Waals surface area contributed by atoms with Gasteiger partial charge in [-0.3, -0.25) is 9.59 Å². The zero-order valence-electron chi connectivity index (χ0n) is 23.6. The molecule has 0 aliphatic rings. The average Bonchev–Trinajstić information content (AvgIpc) is 2.81. The number of carbonyl (C=O) groups excluding carboxylic acids is 3. The average molecular weight is 510 g/mol. The van der Waals surface area contributed by atoms with E-state index in [0.717, 1.165) is 11.1 Å². The monoisotopic (exact) mass is 509 g/mol. The number of hydrogen-bond acceptors (Lipinski definition) is 4. The first-order chi connectivity index (χ1) is 17.4. The Bertz CT molecular complexity index is 1080. The van der Waals surface area contributed by atoms with Gasteiger partial charge in [-0.2, -0.15) is 0 Å². The van der Waals surface area contributed by atoms with Crippen LogP contribution in [0, 0.1) is 19.8 Å². The number of nitrogens with one attached hydrogen (secondary N) is 2. The first kappa shape index (κ1) is 29.9. The molecule has 202 valence electrons. The van der Waals surface area contributed by atoms with Crippen LogP contribution in [0.4, 0.5) is 10.5 Å².